The summed E-state index contributed by atoms with van der Waals surface area (Å²) in [6, 6.07) is -1.33. The third-order valence-corrected chi connectivity index (χ3v) is 3.32. The van der Waals surface area contributed by atoms with Crippen molar-refractivity contribution in [2.45, 2.75) is 63.6 Å². The van der Waals surface area contributed by atoms with Crippen molar-refractivity contribution >= 4 is 12.0 Å². The highest BCUT2D eigenvalue weighted by Crippen LogP contribution is 2.16. The summed E-state index contributed by atoms with van der Waals surface area (Å²) in [7, 11) is 0. The van der Waals surface area contributed by atoms with Crippen LogP contribution in [0.2, 0.25) is 0 Å². The molecule has 1 rings (SSSR count). The number of amides is 2. The molecule has 1 fully saturated rings. The molecule has 1 aliphatic carbocycles. The van der Waals surface area contributed by atoms with E-state index in [0.29, 0.717) is 12.8 Å². The molecule has 18 heavy (non-hydrogen) atoms. The van der Waals surface area contributed by atoms with Crippen LogP contribution in [0.3, 0.4) is 0 Å². The second-order valence-electron chi connectivity index (χ2n) is 4.85. The second kappa shape index (κ2) is 7.20. The third kappa shape index (κ3) is 4.52. The molecule has 0 saturated heterocycles. The molecule has 6 nitrogen and oxygen atoms in total. The normalized spacial score (nSPS) is 25.2. The Morgan fingerprint density at radius 1 is 1.39 bits per heavy atom. The van der Waals surface area contributed by atoms with Gasteiger partial charge in [-0.1, -0.05) is 26.2 Å². The van der Waals surface area contributed by atoms with Gasteiger partial charge in [-0.05, 0) is 19.3 Å². The number of carbonyl (C=O) groups excluding carboxylic acids is 1. The van der Waals surface area contributed by atoms with Crippen molar-refractivity contribution in [1.82, 2.24) is 10.6 Å². The zero-order valence-corrected chi connectivity index (χ0v) is 10.8. The summed E-state index contributed by atoms with van der Waals surface area (Å²) < 4.78 is 0. The van der Waals surface area contributed by atoms with Gasteiger partial charge in [0, 0.05) is 12.1 Å². The molecular weight excluding hydrogens is 234 g/mol. The molecule has 1 saturated carbocycles. The number of carbonyl (C=O) groups is 2. The first-order valence-electron chi connectivity index (χ1n) is 6.60. The first kappa shape index (κ1) is 14.8. The summed E-state index contributed by atoms with van der Waals surface area (Å²) in [6.45, 7) is 1.88. The number of carboxylic acid groups (broad SMARTS) is 1. The number of nitrogens with one attached hydrogen (secondary N) is 2. The van der Waals surface area contributed by atoms with Gasteiger partial charge in [-0.2, -0.15) is 0 Å². The fourth-order valence-corrected chi connectivity index (χ4v) is 2.25. The van der Waals surface area contributed by atoms with Crippen LogP contribution < -0.4 is 16.4 Å². The Hall–Kier alpha value is -1.30. The third-order valence-electron chi connectivity index (χ3n) is 3.32. The number of hydrogen-bond acceptors (Lipinski definition) is 3. The van der Waals surface area contributed by atoms with Gasteiger partial charge >= 0.3 is 12.0 Å². The standard InChI is InChI=1S/C12H23N3O3/c1-2-5-10(11(16)17)15-12(18)14-9-7-4-3-6-8(9)13/h8-10H,2-7,13H2,1H3,(H,16,17)(H2,14,15,18)/t8?,9?,10-/m0/s1. The molecule has 0 aromatic carbocycles. The van der Waals surface area contributed by atoms with Crippen molar-refractivity contribution < 1.29 is 14.7 Å². The summed E-state index contributed by atoms with van der Waals surface area (Å²) in [5.41, 5.74) is 5.92. The van der Waals surface area contributed by atoms with E-state index in [1.54, 1.807) is 0 Å². The summed E-state index contributed by atoms with van der Waals surface area (Å²) in [4.78, 5) is 22.6. The fraction of sp³-hybridized carbons (Fsp3) is 0.833. The first-order chi connectivity index (χ1) is 8.54. The molecule has 0 aromatic rings. The topological polar surface area (TPSA) is 104 Å². The largest absolute Gasteiger partial charge is 0.480 e. The minimum Gasteiger partial charge on any atom is -0.480 e. The SMILES string of the molecule is CCC[C@H](NC(=O)NC1CCCCC1N)C(=O)O. The number of urea groups is 1. The molecule has 5 N–H and O–H groups in total. The number of rotatable bonds is 5. The van der Waals surface area contributed by atoms with Gasteiger partial charge in [0.05, 0.1) is 0 Å². The van der Waals surface area contributed by atoms with E-state index in [9.17, 15) is 9.59 Å². The first-order valence-corrected chi connectivity index (χ1v) is 6.60. The van der Waals surface area contributed by atoms with Crippen LogP contribution in [0.1, 0.15) is 45.4 Å². The number of aliphatic carboxylic acids is 1. The molecule has 0 aliphatic heterocycles. The van der Waals surface area contributed by atoms with E-state index in [1.165, 1.54) is 0 Å². The van der Waals surface area contributed by atoms with Gasteiger partial charge in [0.15, 0.2) is 0 Å². The molecule has 0 aromatic heterocycles. The lowest BCUT2D eigenvalue weighted by Crippen LogP contribution is -2.54. The van der Waals surface area contributed by atoms with E-state index >= 15 is 0 Å². The lowest BCUT2D eigenvalue weighted by atomic mass is 9.91. The highest BCUT2D eigenvalue weighted by molar-refractivity contribution is 5.82. The molecule has 0 spiro atoms. The molecule has 2 amide bonds. The van der Waals surface area contributed by atoms with E-state index in [0.717, 1.165) is 25.7 Å². The Morgan fingerprint density at radius 2 is 2.06 bits per heavy atom. The Morgan fingerprint density at radius 3 is 2.61 bits per heavy atom. The quantitative estimate of drug-likeness (QED) is 0.585. The minimum atomic E-state index is -1.00. The van der Waals surface area contributed by atoms with Gasteiger partial charge in [0.25, 0.3) is 0 Å². The minimum absolute atomic E-state index is 0.0287. The van der Waals surface area contributed by atoms with Crippen LogP contribution in [0, 0.1) is 0 Å². The predicted molar refractivity (Wildman–Crippen MR) is 68.2 cm³/mol. The molecular formula is C12H23N3O3. The maximum atomic E-state index is 11.7. The van der Waals surface area contributed by atoms with Gasteiger partial charge in [0.2, 0.25) is 0 Å². The van der Waals surface area contributed by atoms with E-state index in [1.807, 2.05) is 6.92 Å². The monoisotopic (exact) mass is 257 g/mol. The fourth-order valence-electron chi connectivity index (χ4n) is 2.25. The Kier molecular flexibility index (Phi) is 5.91. The average Bonchev–Trinajstić information content (AvgIpc) is 2.31. The smallest absolute Gasteiger partial charge is 0.326 e. The van der Waals surface area contributed by atoms with E-state index in [4.69, 9.17) is 10.8 Å². The van der Waals surface area contributed by atoms with Crippen molar-refractivity contribution in [1.29, 1.82) is 0 Å². The summed E-state index contributed by atoms with van der Waals surface area (Å²) in [5, 5.41) is 14.2. The van der Waals surface area contributed by atoms with Crippen molar-refractivity contribution in [3.05, 3.63) is 0 Å². The van der Waals surface area contributed by atoms with Gasteiger partial charge in [-0.15, -0.1) is 0 Å². The zero-order valence-electron chi connectivity index (χ0n) is 10.8. The Labute approximate surface area is 107 Å². The van der Waals surface area contributed by atoms with E-state index in [-0.39, 0.29) is 12.1 Å². The summed E-state index contributed by atoms with van der Waals surface area (Å²) >= 11 is 0. The molecule has 6 heteroatoms. The van der Waals surface area contributed by atoms with Gasteiger partial charge in [-0.3, -0.25) is 0 Å². The van der Waals surface area contributed by atoms with Crippen molar-refractivity contribution in [2.24, 2.45) is 5.73 Å². The Balaban J connectivity index is 2.41. The molecule has 0 bridgehead atoms. The molecule has 104 valence electrons. The molecule has 2 unspecified atom stereocenters. The highest BCUT2D eigenvalue weighted by Gasteiger charge is 2.25. The van der Waals surface area contributed by atoms with Crippen molar-refractivity contribution in [3.63, 3.8) is 0 Å². The number of nitrogens with two attached hydrogens (primary N) is 1. The molecule has 1 aliphatic rings. The van der Waals surface area contributed by atoms with Crippen LogP contribution in [-0.2, 0) is 4.79 Å². The second-order valence-corrected chi connectivity index (χ2v) is 4.85. The Bertz CT molecular complexity index is 296. The van der Waals surface area contributed by atoms with Gasteiger partial charge in [-0.25, -0.2) is 9.59 Å². The summed E-state index contributed by atoms with van der Waals surface area (Å²) in [5.74, 6) is -1.00. The van der Waals surface area contributed by atoms with Crippen LogP contribution in [0.15, 0.2) is 0 Å². The predicted octanol–water partition coefficient (Wildman–Crippen LogP) is 0.809. The van der Waals surface area contributed by atoms with E-state index < -0.39 is 18.0 Å². The number of hydrogen-bond donors (Lipinski definition) is 4. The van der Waals surface area contributed by atoms with Crippen LogP contribution >= 0.6 is 0 Å². The zero-order chi connectivity index (χ0) is 13.5. The number of carboxylic acids is 1. The highest BCUT2D eigenvalue weighted by atomic mass is 16.4. The maximum Gasteiger partial charge on any atom is 0.326 e. The lowest BCUT2D eigenvalue weighted by Gasteiger charge is -2.29. The van der Waals surface area contributed by atoms with Crippen molar-refractivity contribution in [3.8, 4) is 0 Å². The summed E-state index contributed by atoms with van der Waals surface area (Å²) in [6.07, 6.45) is 5.05. The molecule has 3 atom stereocenters. The van der Waals surface area contributed by atoms with Crippen molar-refractivity contribution in [2.75, 3.05) is 0 Å². The van der Waals surface area contributed by atoms with Crippen LogP contribution in [-0.4, -0.2) is 35.2 Å². The molecule has 0 heterocycles. The van der Waals surface area contributed by atoms with Crippen LogP contribution in [0.5, 0.6) is 0 Å². The molecule has 0 radical (unpaired) electrons. The maximum absolute atomic E-state index is 11.7. The lowest BCUT2D eigenvalue weighted by molar-refractivity contribution is -0.139. The van der Waals surface area contributed by atoms with Gasteiger partial charge in [0.1, 0.15) is 6.04 Å². The van der Waals surface area contributed by atoms with Crippen LogP contribution in [0.25, 0.3) is 0 Å². The van der Waals surface area contributed by atoms with E-state index in [2.05, 4.69) is 10.6 Å². The van der Waals surface area contributed by atoms with Gasteiger partial charge < -0.3 is 21.5 Å². The van der Waals surface area contributed by atoms with Crippen LogP contribution in [0.4, 0.5) is 4.79 Å². The average molecular weight is 257 g/mol.